The Bertz CT molecular complexity index is 581. The molecule has 0 fully saturated rings. The van der Waals surface area contributed by atoms with E-state index in [1.807, 2.05) is 13.0 Å². The highest BCUT2D eigenvalue weighted by Crippen LogP contribution is 2.23. The van der Waals surface area contributed by atoms with Crippen LogP contribution in [0.15, 0.2) is 41.0 Å². The lowest BCUT2D eigenvalue weighted by atomic mass is 10.1. The molecule has 2 aromatic rings. The largest absolute Gasteiger partial charge is 0.496 e. The van der Waals surface area contributed by atoms with Crippen molar-refractivity contribution in [3.63, 3.8) is 0 Å². The van der Waals surface area contributed by atoms with Crippen LogP contribution in [0.2, 0.25) is 5.02 Å². The van der Waals surface area contributed by atoms with Crippen LogP contribution in [0.25, 0.3) is 0 Å². The number of carbonyl (C=O) groups excluding carboxylic acids is 1. The average molecular weight is 294 g/mol. The average Bonchev–Trinajstić information content (AvgIpc) is 2.92. The number of benzene rings is 1. The van der Waals surface area contributed by atoms with Gasteiger partial charge in [0.2, 0.25) is 5.91 Å². The second-order valence-electron chi connectivity index (χ2n) is 4.44. The van der Waals surface area contributed by atoms with Crippen LogP contribution >= 0.6 is 11.6 Å². The first kappa shape index (κ1) is 14.5. The third-order valence-corrected chi connectivity index (χ3v) is 3.18. The van der Waals surface area contributed by atoms with Gasteiger partial charge in [-0.25, -0.2) is 0 Å². The molecule has 0 aliphatic heterocycles. The van der Waals surface area contributed by atoms with Crippen molar-refractivity contribution in [2.24, 2.45) is 0 Å². The predicted octanol–water partition coefficient (Wildman–Crippen LogP) is 3.36. The fourth-order valence-electron chi connectivity index (χ4n) is 1.96. The second kappa shape index (κ2) is 6.48. The Morgan fingerprint density at radius 1 is 1.45 bits per heavy atom. The smallest absolute Gasteiger partial charge is 0.225 e. The molecule has 0 unspecified atom stereocenters. The monoisotopic (exact) mass is 293 g/mol. The minimum absolute atomic E-state index is 0.116. The molecule has 1 aromatic carbocycles. The summed E-state index contributed by atoms with van der Waals surface area (Å²) in [6.07, 6.45) is 1.78. The summed E-state index contributed by atoms with van der Waals surface area (Å²) in [6, 6.07) is 8.65. The number of nitrogens with one attached hydrogen (secondary N) is 1. The standard InChI is InChI=1S/C15H16ClNO3/c1-10(13-4-3-7-20-13)17-15(18)9-11-8-12(16)5-6-14(11)19-2/h3-8,10H,9H2,1-2H3,(H,17,18)/t10-/m0/s1. The van der Waals surface area contributed by atoms with Gasteiger partial charge in [0.05, 0.1) is 25.8 Å². The maximum absolute atomic E-state index is 12.0. The third-order valence-electron chi connectivity index (χ3n) is 2.94. The molecular weight excluding hydrogens is 278 g/mol. The van der Waals surface area contributed by atoms with Gasteiger partial charge in [-0.2, -0.15) is 0 Å². The van der Waals surface area contributed by atoms with E-state index < -0.39 is 0 Å². The first-order chi connectivity index (χ1) is 9.60. The molecule has 5 heteroatoms. The molecule has 1 heterocycles. The number of ether oxygens (including phenoxy) is 1. The fraction of sp³-hybridized carbons (Fsp3) is 0.267. The molecule has 0 aliphatic carbocycles. The summed E-state index contributed by atoms with van der Waals surface area (Å²) < 4.78 is 10.5. The van der Waals surface area contributed by atoms with Gasteiger partial charge in [-0.1, -0.05) is 11.6 Å². The van der Waals surface area contributed by atoms with Crippen molar-refractivity contribution in [2.75, 3.05) is 7.11 Å². The zero-order valence-electron chi connectivity index (χ0n) is 11.4. The topological polar surface area (TPSA) is 51.5 Å². The van der Waals surface area contributed by atoms with Gasteiger partial charge in [0, 0.05) is 10.6 Å². The fourth-order valence-corrected chi connectivity index (χ4v) is 2.15. The Balaban J connectivity index is 2.03. The van der Waals surface area contributed by atoms with E-state index >= 15 is 0 Å². The predicted molar refractivity (Wildman–Crippen MR) is 77.0 cm³/mol. The summed E-state index contributed by atoms with van der Waals surface area (Å²) in [7, 11) is 1.57. The van der Waals surface area contributed by atoms with Crippen molar-refractivity contribution in [3.05, 3.63) is 52.9 Å². The van der Waals surface area contributed by atoms with E-state index in [1.165, 1.54) is 0 Å². The van der Waals surface area contributed by atoms with Gasteiger partial charge in [-0.05, 0) is 37.3 Å². The first-order valence-corrected chi connectivity index (χ1v) is 6.63. The molecule has 4 nitrogen and oxygen atoms in total. The van der Waals surface area contributed by atoms with Crippen molar-refractivity contribution in [2.45, 2.75) is 19.4 Å². The molecular formula is C15H16ClNO3. The number of furan rings is 1. The number of hydrogen-bond acceptors (Lipinski definition) is 3. The Kier molecular flexibility index (Phi) is 4.69. The number of amides is 1. The van der Waals surface area contributed by atoms with Crippen LogP contribution in [0, 0.1) is 0 Å². The van der Waals surface area contributed by atoms with Gasteiger partial charge in [0.15, 0.2) is 0 Å². The zero-order valence-corrected chi connectivity index (χ0v) is 12.1. The molecule has 0 spiro atoms. The number of hydrogen-bond donors (Lipinski definition) is 1. The lowest BCUT2D eigenvalue weighted by molar-refractivity contribution is -0.121. The molecule has 0 bridgehead atoms. The normalized spacial score (nSPS) is 11.9. The number of rotatable bonds is 5. The summed E-state index contributed by atoms with van der Waals surface area (Å²) in [6.45, 7) is 1.87. The molecule has 1 amide bonds. The zero-order chi connectivity index (χ0) is 14.5. The molecule has 1 N–H and O–H groups in total. The first-order valence-electron chi connectivity index (χ1n) is 6.25. The molecule has 0 radical (unpaired) electrons. The van der Waals surface area contributed by atoms with Crippen LogP contribution in [0.4, 0.5) is 0 Å². The minimum atomic E-state index is -0.178. The highest BCUT2D eigenvalue weighted by Gasteiger charge is 2.14. The van der Waals surface area contributed by atoms with E-state index in [0.29, 0.717) is 10.8 Å². The van der Waals surface area contributed by atoms with Crippen molar-refractivity contribution < 1.29 is 13.9 Å². The quantitative estimate of drug-likeness (QED) is 0.919. The van der Waals surface area contributed by atoms with Crippen LogP contribution in [-0.2, 0) is 11.2 Å². The van der Waals surface area contributed by atoms with Crippen LogP contribution in [0.3, 0.4) is 0 Å². The van der Waals surface area contributed by atoms with Crippen molar-refractivity contribution in [1.82, 2.24) is 5.32 Å². The van der Waals surface area contributed by atoms with Gasteiger partial charge in [0.25, 0.3) is 0 Å². The van der Waals surface area contributed by atoms with E-state index in [0.717, 1.165) is 11.3 Å². The Morgan fingerprint density at radius 2 is 2.25 bits per heavy atom. The van der Waals surface area contributed by atoms with Gasteiger partial charge in [-0.3, -0.25) is 4.79 Å². The maximum Gasteiger partial charge on any atom is 0.225 e. The molecule has 0 saturated heterocycles. The van der Waals surface area contributed by atoms with Crippen molar-refractivity contribution in [3.8, 4) is 5.75 Å². The van der Waals surface area contributed by atoms with E-state index in [2.05, 4.69) is 5.32 Å². The molecule has 2 rings (SSSR count). The van der Waals surface area contributed by atoms with Crippen molar-refractivity contribution >= 4 is 17.5 Å². The Morgan fingerprint density at radius 3 is 2.90 bits per heavy atom. The molecule has 0 aliphatic rings. The number of halogens is 1. The van der Waals surface area contributed by atoms with Crippen LogP contribution in [0.1, 0.15) is 24.3 Å². The molecule has 1 aromatic heterocycles. The summed E-state index contributed by atoms with van der Waals surface area (Å²) in [5.74, 6) is 1.25. The van der Waals surface area contributed by atoms with Gasteiger partial charge in [0.1, 0.15) is 11.5 Å². The summed E-state index contributed by atoms with van der Waals surface area (Å²) in [5, 5.41) is 3.45. The minimum Gasteiger partial charge on any atom is -0.496 e. The lowest BCUT2D eigenvalue weighted by Crippen LogP contribution is -2.28. The Labute approximate surface area is 122 Å². The molecule has 1 atom stereocenters. The van der Waals surface area contributed by atoms with E-state index in [1.54, 1.807) is 37.6 Å². The number of methoxy groups -OCH3 is 1. The summed E-state index contributed by atoms with van der Waals surface area (Å²) in [5.41, 5.74) is 0.754. The highest BCUT2D eigenvalue weighted by molar-refractivity contribution is 6.30. The molecule has 20 heavy (non-hydrogen) atoms. The molecule has 0 saturated carbocycles. The SMILES string of the molecule is COc1ccc(Cl)cc1CC(=O)N[C@@H](C)c1ccco1. The second-order valence-corrected chi connectivity index (χ2v) is 4.87. The van der Waals surface area contributed by atoms with Gasteiger partial charge < -0.3 is 14.5 Å². The van der Waals surface area contributed by atoms with Gasteiger partial charge >= 0.3 is 0 Å². The Hall–Kier alpha value is -1.94. The van der Waals surface area contributed by atoms with E-state index in [9.17, 15) is 4.79 Å². The third kappa shape index (κ3) is 3.54. The summed E-state index contributed by atoms with van der Waals surface area (Å²) in [4.78, 5) is 12.0. The van der Waals surface area contributed by atoms with Gasteiger partial charge in [-0.15, -0.1) is 0 Å². The lowest BCUT2D eigenvalue weighted by Gasteiger charge is -2.13. The van der Waals surface area contributed by atoms with Crippen molar-refractivity contribution in [1.29, 1.82) is 0 Å². The highest BCUT2D eigenvalue weighted by atomic mass is 35.5. The molecule has 106 valence electrons. The van der Waals surface area contributed by atoms with Crippen LogP contribution < -0.4 is 10.1 Å². The van der Waals surface area contributed by atoms with Crippen LogP contribution in [-0.4, -0.2) is 13.0 Å². The number of carbonyl (C=O) groups is 1. The van der Waals surface area contributed by atoms with E-state index in [-0.39, 0.29) is 18.4 Å². The van der Waals surface area contributed by atoms with E-state index in [4.69, 9.17) is 20.8 Å². The maximum atomic E-state index is 12.0. The summed E-state index contributed by atoms with van der Waals surface area (Å²) >= 11 is 5.94. The van der Waals surface area contributed by atoms with Crippen LogP contribution in [0.5, 0.6) is 5.75 Å².